The smallest absolute Gasteiger partial charge is 0.329 e. The molecule has 0 aliphatic rings. The van der Waals surface area contributed by atoms with Gasteiger partial charge in [-0.1, -0.05) is 78.9 Å². The van der Waals surface area contributed by atoms with E-state index >= 15 is 0 Å². The average Bonchev–Trinajstić information content (AvgIpc) is 2.73. The zero-order valence-corrected chi connectivity index (χ0v) is 15.4. The van der Waals surface area contributed by atoms with Gasteiger partial charge in [-0.15, -0.1) is 0 Å². The van der Waals surface area contributed by atoms with Gasteiger partial charge in [-0.25, -0.2) is 9.52 Å². The summed E-state index contributed by atoms with van der Waals surface area (Å²) in [5, 5.41) is -0.152. The number of ether oxygens (including phenoxy) is 1. The molecule has 0 aromatic heterocycles. The minimum absolute atomic E-state index is 0.152. The lowest BCUT2D eigenvalue weighted by Crippen LogP contribution is -2.38. The third-order valence-corrected chi connectivity index (χ3v) is 4.66. The SMILES string of the molecule is O=C(SNC(Cc1ccccc1)C(=O)Oc1ccccc1)c1ccccc1. The van der Waals surface area contributed by atoms with Crippen molar-refractivity contribution >= 4 is 23.0 Å². The highest BCUT2D eigenvalue weighted by molar-refractivity contribution is 8.12. The lowest BCUT2D eigenvalue weighted by Gasteiger charge is -2.16. The molecule has 0 aliphatic heterocycles. The van der Waals surface area contributed by atoms with Gasteiger partial charge in [0.1, 0.15) is 11.8 Å². The van der Waals surface area contributed by atoms with E-state index in [1.54, 1.807) is 48.5 Å². The molecule has 1 unspecified atom stereocenters. The molecule has 3 rings (SSSR count). The van der Waals surface area contributed by atoms with Crippen LogP contribution in [0.1, 0.15) is 15.9 Å². The second-order valence-corrected chi connectivity index (χ2v) is 6.66. The van der Waals surface area contributed by atoms with Gasteiger partial charge in [-0.05, 0) is 24.1 Å². The Labute approximate surface area is 162 Å². The first kappa shape index (κ1) is 18.9. The van der Waals surface area contributed by atoms with E-state index in [2.05, 4.69) is 4.72 Å². The normalized spacial score (nSPS) is 11.6. The Hall–Kier alpha value is -2.89. The number of carbonyl (C=O) groups excluding carboxylic acids is 2. The molecule has 0 amide bonds. The maximum atomic E-state index is 12.7. The second kappa shape index (κ2) is 9.71. The van der Waals surface area contributed by atoms with Crippen molar-refractivity contribution in [1.29, 1.82) is 0 Å². The van der Waals surface area contributed by atoms with Crippen molar-refractivity contribution < 1.29 is 14.3 Å². The number of carbonyl (C=O) groups is 2. The molecule has 136 valence electrons. The molecule has 0 saturated heterocycles. The molecule has 0 radical (unpaired) electrons. The monoisotopic (exact) mass is 377 g/mol. The summed E-state index contributed by atoms with van der Waals surface area (Å²) >= 11 is 0.906. The fourth-order valence-electron chi connectivity index (χ4n) is 2.46. The maximum Gasteiger partial charge on any atom is 0.329 e. The highest BCUT2D eigenvalue weighted by Crippen LogP contribution is 2.15. The van der Waals surface area contributed by atoms with Crippen LogP contribution in [0, 0.1) is 0 Å². The Balaban J connectivity index is 1.69. The summed E-state index contributed by atoms with van der Waals surface area (Å²) in [5.74, 6) is 0.0418. The first-order chi connectivity index (χ1) is 13.2. The van der Waals surface area contributed by atoms with Crippen molar-refractivity contribution in [3.63, 3.8) is 0 Å². The van der Waals surface area contributed by atoms with Crippen LogP contribution in [0.2, 0.25) is 0 Å². The molecule has 0 saturated carbocycles. The highest BCUT2D eigenvalue weighted by atomic mass is 32.2. The van der Waals surface area contributed by atoms with Gasteiger partial charge >= 0.3 is 5.97 Å². The van der Waals surface area contributed by atoms with E-state index in [0.717, 1.165) is 17.5 Å². The van der Waals surface area contributed by atoms with Crippen LogP contribution < -0.4 is 9.46 Å². The van der Waals surface area contributed by atoms with Crippen LogP contribution in [-0.4, -0.2) is 17.1 Å². The first-order valence-electron chi connectivity index (χ1n) is 8.55. The van der Waals surface area contributed by atoms with Crippen molar-refractivity contribution in [1.82, 2.24) is 4.72 Å². The van der Waals surface area contributed by atoms with Crippen LogP contribution in [-0.2, 0) is 11.2 Å². The molecule has 0 aliphatic carbocycles. The third-order valence-electron chi connectivity index (χ3n) is 3.83. The van der Waals surface area contributed by atoms with Crippen LogP contribution in [0.25, 0.3) is 0 Å². The lowest BCUT2D eigenvalue weighted by atomic mass is 10.1. The molecule has 0 bridgehead atoms. The summed E-state index contributed by atoms with van der Waals surface area (Å²) in [5.41, 5.74) is 1.55. The van der Waals surface area contributed by atoms with E-state index in [0.29, 0.717) is 17.7 Å². The molecule has 0 heterocycles. The average molecular weight is 377 g/mol. The summed E-state index contributed by atoms with van der Waals surface area (Å²) in [6.07, 6.45) is 0.418. The number of esters is 1. The molecular formula is C22H19NO3S. The quantitative estimate of drug-likeness (QED) is 0.378. The molecule has 1 N–H and O–H groups in total. The van der Waals surface area contributed by atoms with Crippen LogP contribution >= 0.6 is 11.9 Å². The van der Waals surface area contributed by atoms with Gasteiger partial charge in [0.25, 0.3) is 0 Å². The molecule has 4 nitrogen and oxygen atoms in total. The molecule has 0 spiro atoms. The number of hydrogen-bond acceptors (Lipinski definition) is 5. The molecule has 0 fully saturated rings. The summed E-state index contributed by atoms with van der Waals surface area (Å²) in [6, 6.07) is 26.8. The molecule has 27 heavy (non-hydrogen) atoms. The van der Waals surface area contributed by atoms with Gasteiger partial charge in [0, 0.05) is 17.5 Å². The van der Waals surface area contributed by atoms with E-state index in [1.807, 2.05) is 42.5 Å². The fraction of sp³-hybridized carbons (Fsp3) is 0.0909. The van der Waals surface area contributed by atoms with Gasteiger partial charge in [-0.2, -0.15) is 0 Å². The summed E-state index contributed by atoms with van der Waals surface area (Å²) < 4.78 is 8.44. The van der Waals surface area contributed by atoms with Crippen LogP contribution in [0.3, 0.4) is 0 Å². The van der Waals surface area contributed by atoms with Gasteiger partial charge in [0.2, 0.25) is 5.12 Å². The predicted molar refractivity (Wildman–Crippen MR) is 108 cm³/mol. The van der Waals surface area contributed by atoms with Crippen LogP contribution in [0.5, 0.6) is 5.75 Å². The zero-order valence-electron chi connectivity index (χ0n) is 14.6. The summed E-state index contributed by atoms with van der Waals surface area (Å²) in [6.45, 7) is 0. The molecule has 5 heteroatoms. The van der Waals surface area contributed by atoms with E-state index in [9.17, 15) is 9.59 Å². The lowest BCUT2D eigenvalue weighted by molar-refractivity contribution is -0.136. The molecular weight excluding hydrogens is 358 g/mol. The Morgan fingerprint density at radius 1 is 0.815 bits per heavy atom. The highest BCUT2D eigenvalue weighted by Gasteiger charge is 2.23. The van der Waals surface area contributed by atoms with Gasteiger partial charge in [-0.3, -0.25) is 4.79 Å². The fourth-order valence-corrected chi connectivity index (χ4v) is 3.14. The molecule has 3 aromatic carbocycles. The molecule has 1 atom stereocenters. The first-order valence-corrected chi connectivity index (χ1v) is 9.36. The number of nitrogens with one attached hydrogen (secondary N) is 1. The third kappa shape index (κ3) is 5.81. The standard InChI is InChI=1S/C22H19NO3S/c24-21(26-19-14-8-3-9-15-19)20(16-17-10-4-1-5-11-17)23-27-22(25)18-12-6-2-7-13-18/h1-15,20,23H,16H2. The van der Waals surface area contributed by atoms with Crippen molar-refractivity contribution in [2.75, 3.05) is 0 Å². The Morgan fingerprint density at radius 2 is 1.37 bits per heavy atom. The Kier molecular flexibility index (Phi) is 6.79. The largest absolute Gasteiger partial charge is 0.425 e. The Morgan fingerprint density at radius 3 is 2.00 bits per heavy atom. The minimum Gasteiger partial charge on any atom is -0.425 e. The van der Waals surface area contributed by atoms with Crippen molar-refractivity contribution in [3.8, 4) is 5.75 Å². The van der Waals surface area contributed by atoms with Crippen LogP contribution in [0.4, 0.5) is 0 Å². The summed E-state index contributed by atoms with van der Waals surface area (Å²) in [7, 11) is 0. The second-order valence-electron chi connectivity index (χ2n) is 5.85. The van der Waals surface area contributed by atoms with Crippen molar-refractivity contribution in [3.05, 3.63) is 102 Å². The number of benzene rings is 3. The minimum atomic E-state index is -0.662. The number of para-hydroxylation sites is 1. The van der Waals surface area contributed by atoms with Crippen LogP contribution in [0.15, 0.2) is 91.0 Å². The Bertz CT molecular complexity index is 870. The van der Waals surface area contributed by atoms with E-state index in [-0.39, 0.29) is 5.12 Å². The number of rotatable bonds is 7. The van der Waals surface area contributed by atoms with Gasteiger partial charge < -0.3 is 4.74 Å². The summed E-state index contributed by atoms with van der Waals surface area (Å²) in [4.78, 5) is 25.0. The van der Waals surface area contributed by atoms with Gasteiger partial charge in [0.05, 0.1) is 0 Å². The van der Waals surface area contributed by atoms with Crippen molar-refractivity contribution in [2.24, 2.45) is 0 Å². The topological polar surface area (TPSA) is 55.4 Å². The number of hydrogen-bond donors (Lipinski definition) is 1. The van der Waals surface area contributed by atoms with Gasteiger partial charge in [0.15, 0.2) is 0 Å². The van der Waals surface area contributed by atoms with Crippen molar-refractivity contribution in [2.45, 2.75) is 12.5 Å². The predicted octanol–water partition coefficient (Wildman–Crippen LogP) is 4.28. The van der Waals surface area contributed by atoms with E-state index < -0.39 is 12.0 Å². The maximum absolute atomic E-state index is 12.7. The molecule has 3 aromatic rings. The van der Waals surface area contributed by atoms with E-state index in [4.69, 9.17) is 4.74 Å². The zero-order chi connectivity index (χ0) is 18.9. The van der Waals surface area contributed by atoms with E-state index in [1.165, 1.54) is 0 Å².